The van der Waals surface area contributed by atoms with E-state index in [2.05, 4.69) is 10.6 Å². The molecule has 2 amide bonds. The number of hydrogen-bond acceptors (Lipinski definition) is 4. The summed E-state index contributed by atoms with van der Waals surface area (Å²) in [5.41, 5.74) is 1.77. The predicted molar refractivity (Wildman–Crippen MR) is 159 cm³/mol. The lowest BCUT2D eigenvalue weighted by Gasteiger charge is -2.19. The Labute approximate surface area is 230 Å². The smallest absolute Gasteiger partial charge is 0.259 e. The summed E-state index contributed by atoms with van der Waals surface area (Å²) in [6.07, 6.45) is 0. The highest BCUT2D eigenvalue weighted by molar-refractivity contribution is 6.19. The second-order valence-electron chi connectivity index (χ2n) is 9.38. The third-order valence-electron chi connectivity index (χ3n) is 6.85. The number of carbonyl (C=O) groups excluding carboxylic acids is 2. The van der Waals surface area contributed by atoms with Crippen LogP contribution in [0.2, 0.25) is 0 Å². The average Bonchev–Trinajstić information content (AvgIpc) is 2.98. The van der Waals surface area contributed by atoms with E-state index in [9.17, 15) is 19.8 Å². The van der Waals surface area contributed by atoms with Crippen LogP contribution in [0.15, 0.2) is 121 Å². The fourth-order valence-corrected chi connectivity index (χ4v) is 4.97. The van der Waals surface area contributed by atoms with E-state index >= 15 is 0 Å². The highest BCUT2D eigenvalue weighted by atomic mass is 16.3. The van der Waals surface area contributed by atoms with Gasteiger partial charge in [-0.05, 0) is 57.9 Å². The first-order valence-corrected chi connectivity index (χ1v) is 12.7. The molecule has 0 atom stereocenters. The minimum atomic E-state index is -0.502. The number of phenolic OH excluding ortho intramolecular Hbond substituents is 2. The van der Waals surface area contributed by atoms with Crippen molar-refractivity contribution in [3.63, 3.8) is 0 Å². The van der Waals surface area contributed by atoms with Gasteiger partial charge in [-0.25, -0.2) is 0 Å². The molecule has 0 radical (unpaired) electrons. The van der Waals surface area contributed by atoms with Gasteiger partial charge < -0.3 is 20.8 Å². The van der Waals surface area contributed by atoms with Crippen molar-refractivity contribution >= 4 is 44.7 Å². The second-order valence-corrected chi connectivity index (χ2v) is 9.38. The summed E-state index contributed by atoms with van der Waals surface area (Å²) in [6, 6.07) is 35.8. The number of rotatable bonds is 5. The molecular formula is C34H24N2O4. The quantitative estimate of drug-likeness (QED) is 0.187. The van der Waals surface area contributed by atoms with Gasteiger partial charge in [-0.2, -0.15) is 0 Å². The van der Waals surface area contributed by atoms with Crippen LogP contribution in [-0.4, -0.2) is 22.0 Å². The fourth-order valence-electron chi connectivity index (χ4n) is 4.97. The van der Waals surface area contributed by atoms with Crippen molar-refractivity contribution in [1.29, 1.82) is 0 Å². The maximum atomic E-state index is 13.4. The molecule has 40 heavy (non-hydrogen) atoms. The summed E-state index contributed by atoms with van der Waals surface area (Å²) >= 11 is 0. The zero-order chi connectivity index (χ0) is 27.6. The zero-order valence-electron chi connectivity index (χ0n) is 21.3. The Morgan fingerprint density at radius 2 is 0.825 bits per heavy atom. The van der Waals surface area contributed by atoms with Crippen LogP contribution in [0, 0.1) is 0 Å². The molecular weight excluding hydrogens is 500 g/mol. The van der Waals surface area contributed by atoms with Gasteiger partial charge in [0.15, 0.2) is 0 Å². The molecule has 0 aliphatic rings. The lowest BCUT2D eigenvalue weighted by Crippen LogP contribution is -2.13. The predicted octanol–water partition coefficient (Wildman–Crippen LogP) is 7.58. The van der Waals surface area contributed by atoms with Gasteiger partial charge in [-0.1, -0.05) is 84.9 Å². The van der Waals surface area contributed by atoms with E-state index in [1.54, 1.807) is 60.7 Å². The van der Waals surface area contributed by atoms with Crippen LogP contribution in [0.1, 0.15) is 20.7 Å². The minimum absolute atomic E-state index is 0.0418. The molecule has 6 nitrogen and oxygen atoms in total. The Morgan fingerprint density at radius 1 is 0.475 bits per heavy atom. The SMILES string of the molecule is O=C(Nc1ccccc1)c1cc2ccccc2c(-c2c(O)c(C(=O)Nc3ccccc3)cc3ccccc23)c1O. The first-order valence-electron chi connectivity index (χ1n) is 12.7. The molecule has 6 heteroatoms. The molecule has 0 aliphatic carbocycles. The summed E-state index contributed by atoms with van der Waals surface area (Å²) in [7, 11) is 0. The monoisotopic (exact) mass is 524 g/mol. The molecule has 4 N–H and O–H groups in total. The lowest BCUT2D eigenvalue weighted by molar-refractivity contribution is 0.101. The number of benzene rings is 6. The zero-order valence-corrected chi connectivity index (χ0v) is 21.3. The molecule has 0 saturated carbocycles. The van der Waals surface area contributed by atoms with Crippen molar-refractivity contribution < 1.29 is 19.8 Å². The van der Waals surface area contributed by atoms with Crippen molar-refractivity contribution in [2.75, 3.05) is 10.6 Å². The van der Waals surface area contributed by atoms with Gasteiger partial charge in [0.25, 0.3) is 11.8 Å². The molecule has 0 aromatic heterocycles. The number of fused-ring (bicyclic) bond motifs is 2. The molecule has 0 saturated heterocycles. The number of amides is 2. The molecule has 0 aliphatic heterocycles. The number of nitrogens with one attached hydrogen (secondary N) is 2. The van der Waals surface area contributed by atoms with E-state index in [0.717, 1.165) is 0 Å². The van der Waals surface area contributed by atoms with Crippen LogP contribution in [0.3, 0.4) is 0 Å². The summed E-state index contributed by atoms with van der Waals surface area (Å²) in [5, 5.41) is 31.6. The first-order chi connectivity index (χ1) is 19.5. The molecule has 6 aromatic carbocycles. The van der Waals surface area contributed by atoms with Gasteiger partial charge in [0, 0.05) is 22.5 Å². The Kier molecular flexibility index (Phi) is 6.34. The Hall–Kier alpha value is -5.62. The minimum Gasteiger partial charge on any atom is -0.506 e. The van der Waals surface area contributed by atoms with Crippen LogP contribution >= 0.6 is 0 Å². The van der Waals surface area contributed by atoms with E-state index in [4.69, 9.17) is 0 Å². The highest BCUT2D eigenvalue weighted by Gasteiger charge is 2.26. The van der Waals surface area contributed by atoms with Gasteiger partial charge >= 0.3 is 0 Å². The summed E-state index contributed by atoms with van der Waals surface area (Å²) in [5.74, 6) is -1.60. The van der Waals surface area contributed by atoms with E-state index in [-0.39, 0.29) is 33.8 Å². The number of phenols is 2. The van der Waals surface area contributed by atoms with E-state index < -0.39 is 11.8 Å². The maximum Gasteiger partial charge on any atom is 0.259 e. The van der Waals surface area contributed by atoms with Crippen molar-refractivity contribution in [1.82, 2.24) is 0 Å². The van der Waals surface area contributed by atoms with Crippen LogP contribution in [0.5, 0.6) is 11.5 Å². The molecule has 0 bridgehead atoms. The van der Waals surface area contributed by atoms with E-state index in [1.807, 2.05) is 60.7 Å². The number of carbonyl (C=O) groups is 2. The third kappa shape index (κ3) is 4.48. The van der Waals surface area contributed by atoms with Crippen molar-refractivity contribution in [2.45, 2.75) is 0 Å². The van der Waals surface area contributed by atoms with Crippen LogP contribution in [0.25, 0.3) is 32.7 Å². The van der Waals surface area contributed by atoms with Crippen LogP contribution < -0.4 is 10.6 Å². The van der Waals surface area contributed by atoms with E-state index in [1.165, 1.54) is 0 Å². The highest BCUT2D eigenvalue weighted by Crippen LogP contribution is 2.47. The van der Waals surface area contributed by atoms with Crippen molar-refractivity contribution in [3.05, 3.63) is 132 Å². The Bertz CT molecular complexity index is 1760. The molecule has 6 aromatic rings. The normalized spacial score (nSPS) is 10.9. The number of anilines is 2. The second kappa shape index (κ2) is 10.3. The Balaban J connectivity index is 1.59. The van der Waals surface area contributed by atoms with Gasteiger partial charge in [0.2, 0.25) is 0 Å². The topological polar surface area (TPSA) is 98.7 Å². The van der Waals surface area contributed by atoms with Gasteiger partial charge in [-0.3, -0.25) is 9.59 Å². The Morgan fingerprint density at radius 3 is 1.23 bits per heavy atom. The van der Waals surface area contributed by atoms with Crippen LogP contribution in [-0.2, 0) is 0 Å². The van der Waals surface area contributed by atoms with Gasteiger partial charge in [-0.15, -0.1) is 0 Å². The molecule has 0 fully saturated rings. The van der Waals surface area contributed by atoms with Crippen LogP contribution in [0.4, 0.5) is 11.4 Å². The summed E-state index contributed by atoms with van der Waals surface area (Å²) < 4.78 is 0. The summed E-state index contributed by atoms with van der Waals surface area (Å²) in [4.78, 5) is 26.8. The average molecular weight is 525 g/mol. The number of aromatic hydroxyl groups is 2. The molecule has 0 unspecified atom stereocenters. The van der Waals surface area contributed by atoms with Gasteiger partial charge in [0.05, 0.1) is 11.1 Å². The molecule has 194 valence electrons. The largest absolute Gasteiger partial charge is 0.506 e. The van der Waals surface area contributed by atoms with Crippen molar-refractivity contribution in [2.24, 2.45) is 0 Å². The lowest BCUT2D eigenvalue weighted by atomic mass is 9.88. The standard InChI is InChI=1S/C34H24N2O4/c37-31-27(33(39)35-23-13-3-1-4-14-23)19-21-11-7-9-17-25(21)29(31)30-26-18-10-8-12-22(26)20-28(32(30)38)34(40)36-24-15-5-2-6-16-24/h1-20,37-38H,(H,35,39)(H,36,40). The van der Waals surface area contributed by atoms with Crippen molar-refractivity contribution in [3.8, 4) is 22.6 Å². The van der Waals surface area contributed by atoms with Gasteiger partial charge in [0.1, 0.15) is 11.5 Å². The third-order valence-corrected chi connectivity index (χ3v) is 6.85. The van der Waals surface area contributed by atoms with E-state index in [0.29, 0.717) is 32.9 Å². The molecule has 0 heterocycles. The fraction of sp³-hybridized carbons (Fsp3) is 0. The molecule has 0 spiro atoms. The first kappa shape index (κ1) is 24.7. The number of hydrogen-bond donors (Lipinski definition) is 4. The summed E-state index contributed by atoms with van der Waals surface area (Å²) in [6.45, 7) is 0. The molecule has 6 rings (SSSR count). The maximum absolute atomic E-state index is 13.4. The number of para-hydroxylation sites is 2.